The van der Waals surface area contributed by atoms with Gasteiger partial charge in [-0.05, 0) is 43.7 Å². The van der Waals surface area contributed by atoms with E-state index in [4.69, 9.17) is 5.73 Å². The fraction of sp³-hybridized carbons (Fsp3) is 0.214. The van der Waals surface area contributed by atoms with Crippen LogP contribution in [0.5, 0.6) is 0 Å². The van der Waals surface area contributed by atoms with Crippen molar-refractivity contribution in [3.05, 3.63) is 53.2 Å². The van der Waals surface area contributed by atoms with Crippen molar-refractivity contribution >= 4 is 11.8 Å². The number of aryl methyl sites for hydroxylation is 2. The SMILES string of the molecule is Cc1cccc(Sc2cc(CN)cc(C)n2)c1. The first kappa shape index (κ1) is 12.1. The average Bonchev–Trinajstić information content (AvgIpc) is 2.28. The molecule has 0 spiro atoms. The molecule has 3 heteroatoms. The van der Waals surface area contributed by atoms with Crippen LogP contribution in [0, 0.1) is 13.8 Å². The van der Waals surface area contributed by atoms with Crippen molar-refractivity contribution in [2.75, 3.05) is 0 Å². The molecule has 0 aliphatic heterocycles. The Morgan fingerprint density at radius 2 is 2.00 bits per heavy atom. The number of hydrogen-bond acceptors (Lipinski definition) is 3. The summed E-state index contributed by atoms with van der Waals surface area (Å²) in [5, 5.41) is 1.01. The second kappa shape index (κ2) is 5.34. The van der Waals surface area contributed by atoms with E-state index in [1.54, 1.807) is 11.8 Å². The van der Waals surface area contributed by atoms with E-state index in [1.165, 1.54) is 10.5 Å². The number of nitrogens with two attached hydrogens (primary N) is 1. The summed E-state index contributed by atoms with van der Waals surface area (Å²) in [6.07, 6.45) is 0. The van der Waals surface area contributed by atoms with E-state index in [-0.39, 0.29) is 0 Å². The molecule has 2 nitrogen and oxygen atoms in total. The van der Waals surface area contributed by atoms with E-state index in [0.717, 1.165) is 16.3 Å². The molecule has 0 radical (unpaired) electrons. The van der Waals surface area contributed by atoms with Gasteiger partial charge in [0.05, 0.1) is 0 Å². The highest BCUT2D eigenvalue weighted by atomic mass is 32.2. The average molecular weight is 244 g/mol. The molecule has 0 fully saturated rings. The minimum atomic E-state index is 0.560. The molecule has 0 amide bonds. The molecular formula is C14H16N2S. The summed E-state index contributed by atoms with van der Waals surface area (Å²) in [6, 6.07) is 12.5. The van der Waals surface area contributed by atoms with E-state index < -0.39 is 0 Å². The molecule has 0 aliphatic carbocycles. The van der Waals surface area contributed by atoms with Crippen molar-refractivity contribution in [1.82, 2.24) is 4.98 Å². The fourth-order valence-electron chi connectivity index (χ4n) is 1.68. The van der Waals surface area contributed by atoms with Crippen LogP contribution in [0.15, 0.2) is 46.3 Å². The molecule has 0 aliphatic rings. The van der Waals surface area contributed by atoms with Crippen LogP contribution < -0.4 is 5.73 Å². The second-order valence-electron chi connectivity index (χ2n) is 4.08. The van der Waals surface area contributed by atoms with Gasteiger partial charge in [0.15, 0.2) is 0 Å². The lowest BCUT2D eigenvalue weighted by atomic mass is 10.2. The number of nitrogens with zero attached hydrogens (tertiary/aromatic N) is 1. The Hall–Kier alpha value is -1.32. The summed E-state index contributed by atoms with van der Waals surface area (Å²) in [7, 11) is 0. The van der Waals surface area contributed by atoms with Gasteiger partial charge >= 0.3 is 0 Å². The van der Waals surface area contributed by atoms with Crippen LogP contribution in [0.4, 0.5) is 0 Å². The summed E-state index contributed by atoms with van der Waals surface area (Å²) in [4.78, 5) is 5.73. The Bertz CT molecular complexity index is 523. The Balaban J connectivity index is 2.26. The van der Waals surface area contributed by atoms with Crippen LogP contribution in [-0.4, -0.2) is 4.98 Å². The molecule has 1 heterocycles. The van der Waals surface area contributed by atoms with E-state index >= 15 is 0 Å². The number of pyridine rings is 1. The lowest BCUT2D eigenvalue weighted by Gasteiger charge is -2.05. The minimum absolute atomic E-state index is 0.560. The van der Waals surface area contributed by atoms with Gasteiger partial charge in [-0.2, -0.15) is 0 Å². The van der Waals surface area contributed by atoms with Gasteiger partial charge in [-0.25, -0.2) is 4.98 Å². The Labute approximate surface area is 106 Å². The van der Waals surface area contributed by atoms with Crippen molar-refractivity contribution < 1.29 is 0 Å². The Kier molecular flexibility index (Phi) is 3.82. The van der Waals surface area contributed by atoms with Crippen LogP contribution in [-0.2, 0) is 6.54 Å². The quantitative estimate of drug-likeness (QED) is 0.900. The van der Waals surface area contributed by atoms with Crippen molar-refractivity contribution in [3.8, 4) is 0 Å². The molecule has 1 aromatic carbocycles. The lowest BCUT2D eigenvalue weighted by molar-refractivity contribution is 0.987. The molecule has 88 valence electrons. The highest BCUT2D eigenvalue weighted by Crippen LogP contribution is 2.27. The number of rotatable bonds is 3. The maximum Gasteiger partial charge on any atom is 0.101 e. The van der Waals surface area contributed by atoms with Gasteiger partial charge in [0, 0.05) is 17.1 Å². The van der Waals surface area contributed by atoms with Gasteiger partial charge < -0.3 is 5.73 Å². The molecular weight excluding hydrogens is 228 g/mol. The lowest BCUT2D eigenvalue weighted by Crippen LogP contribution is -1.98. The normalized spacial score (nSPS) is 10.5. The molecule has 2 N–H and O–H groups in total. The number of aromatic nitrogens is 1. The third kappa shape index (κ3) is 3.32. The van der Waals surface area contributed by atoms with Crippen LogP contribution in [0.25, 0.3) is 0 Å². The summed E-state index contributed by atoms with van der Waals surface area (Å²) >= 11 is 1.68. The summed E-state index contributed by atoms with van der Waals surface area (Å²) in [6.45, 7) is 4.66. The van der Waals surface area contributed by atoms with E-state index in [2.05, 4.69) is 42.2 Å². The highest BCUT2D eigenvalue weighted by Gasteiger charge is 2.02. The first-order valence-electron chi connectivity index (χ1n) is 5.59. The van der Waals surface area contributed by atoms with Gasteiger partial charge in [0.1, 0.15) is 5.03 Å². The molecule has 2 rings (SSSR count). The highest BCUT2D eigenvalue weighted by molar-refractivity contribution is 7.99. The van der Waals surface area contributed by atoms with Crippen LogP contribution in [0.3, 0.4) is 0 Å². The molecule has 0 atom stereocenters. The molecule has 0 unspecified atom stereocenters. The van der Waals surface area contributed by atoms with Gasteiger partial charge in [0.25, 0.3) is 0 Å². The third-order valence-electron chi connectivity index (χ3n) is 2.44. The molecule has 1 aromatic heterocycles. The Morgan fingerprint density at radius 1 is 1.18 bits per heavy atom. The topological polar surface area (TPSA) is 38.9 Å². The zero-order chi connectivity index (χ0) is 12.3. The Morgan fingerprint density at radius 3 is 2.71 bits per heavy atom. The predicted molar refractivity (Wildman–Crippen MR) is 72.2 cm³/mol. The third-order valence-corrected chi connectivity index (χ3v) is 3.35. The van der Waals surface area contributed by atoms with Gasteiger partial charge in [-0.1, -0.05) is 29.5 Å². The van der Waals surface area contributed by atoms with Crippen molar-refractivity contribution in [2.24, 2.45) is 5.73 Å². The fourth-order valence-corrected chi connectivity index (χ4v) is 2.71. The summed E-state index contributed by atoms with van der Waals surface area (Å²) < 4.78 is 0. The maximum absolute atomic E-state index is 5.67. The standard InChI is InChI=1S/C14H16N2S/c1-10-4-3-5-13(6-10)17-14-8-12(9-15)7-11(2)16-14/h3-8H,9,15H2,1-2H3. The minimum Gasteiger partial charge on any atom is -0.326 e. The first-order valence-corrected chi connectivity index (χ1v) is 6.41. The van der Waals surface area contributed by atoms with E-state index in [0.29, 0.717) is 6.54 Å². The van der Waals surface area contributed by atoms with Gasteiger partial charge in [-0.3, -0.25) is 0 Å². The van der Waals surface area contributed by atoms with Crippen LogP contribution in [0.1, 0.15) is 16.8 Å². The zero-order valence-corrected chi connectivity index (χ0v) is 10.9. The monoisotopic (exact) mass is 244 g/mol. The molecule has 2 aromatic rings. The van der Waals surface area contributed by atoms with Crippen LogP contribution in [0.2, 0.25) is 0 Å². The first-order chi connectivity index (χ1) is 8.17. The van der Waals surface area contributed by atoms with Crippen LogP contribution >= 0.6 is 11.8 Å². The van der Waals surface area contributed by atoms with E-state index in [1.807, 2.05) is 13.0 Å². The van der Waals surface area contributed by atoms with Gasteiger partial charge in [-0.15, -0.1) is 0 Å². The molecule has 0 saturated heterocycles. The number of benzene rings is 1. The van der Waals surface area contributed by atoms with Gasteiger partial charge in [0.2, 0.25) is 0 Å². The largest absolute Gasteiger partial charge is 0.326 e. The number of hydrogen-bond donors (Lipinski definition) is 1. The molecule has 17 heavy (non-hydrogen) atoms. The molecule has 0 saturated carbocycles. The maximum atomic E-state index is 5.67. The van der Waals surface area contributed by atoms with Crippen molar-refractivity contribution in [2.45, 2.75) is 30.3 Å². The second-order valence-corrected chi connectivity index (χ2v) is 5.17. The van der Waals surface area contributed by atoms with Crippen molar-refractivity contribution in [1.29, 1.82) is 0 Å². The predicted octanol–water partition coefficient (Wildman–Crippen LogP) is 3.31. The summed E-state index contributed by atoms with van der Waals surface area (Å²) in [5.41, 5.74) is 9.08. The van der Waals surface area contributed by atoms with E-state index in [9.17, 15) is 0 Å². The van der Waals surface area contributed by atoms with Crippen molar-refractivity contribution in [3.63, 3.8) is 0 Å². The molecule has 0 bridgehead atoms. The smallest absolute Gasteiger partial charge is 0.101 e. The summed E-state index contributed by atoms with van der Waals surface area (Å²) in [5.74, 6) is 0. The zero-order valence-electron chi connectivity index (χ0n) is 10.1.